The number of nitrogens with one attached hydrogen (secondary N) is 1. The van der Waals surface area contributed by atoms with Gasteiger partial charge >= 0.3 is 0 Å². The molecule has 1 amide bonds. The molecular weight excluding hydrogens is 358 g/mol. The van der Waals surface area contributed by atoms with Gasteiger partial charge in [0, 0.05) is 16.3 Å². The summed E-state index contributed by atoms with van der Waals surface area (Å²) in [6.07, 6.45) is 0. The second-order valence-corrected chi connectivity index (χ2v) is 7.05. The molecule has 2 aromatic carbocycles. The molecule has 3 rings (SSSR count). The fourth-order valence-corrected chi connectivity index (χ4v) is 3.12. The number of carbonyl (C=O) groups is 1. The maximum Gasteiger partial charge on any atom is 0.237 e. The van der Waals surface area contributed by atoms with E-state index in [1.165, 1.54) is 16.4 Å². The summed E-state index contributed by atoms with van der Waals surface area (Å²) < 4.78 is 1.39. The van der Waals surface area contributed by atoms with Crippen molar-refractivity contribution >= 4 is 35.0 Å². The van der Waals surface area contributed by atoms with Gasteiger partial charge in [-0.2, -0.15) is 0 Å². The molecule has 0 aliphatic carbocycles. The van der Waals surface area contributed by atoms with Crippen LogP contribution in [-0.4, -0.2) is 26.0 Å². The first-order valence-electron chi connectivity index (χ1n) is 7.53. The Hall–Kier alpha value is -2.51. The van der Waals surface area contributed by atoms with Crippen LogP contribution in [0, 0.1) is 0 Å². The summed E-state index contributed by atoms with van der Waals surface area (Å²) in [5.41, 5.74) is 1.50. The molecule has 0 fully saturated rings. The van der Waals surface area contributed by atoms with E-state index in [0.717, 1.165) is 5.56 Å². The Morgan fingerprint density at radius 3 is 2.68 bits per heavy atom. The molecule has 0 radical (unpaired) electrons. The van der Waals surface area contributed by atoms with Crippen LogP contribution in [0.4, 0.5) is 5.69 Å². The Labute approximate surface area is 154 Å². The van der Waals surface area contributed by atoms with Crippen molar-refractivity contribution in [1.82, 2.24) is 14.9 Å². The van der Waals surface area contributed by atoms with Gasteiger partial charge in [-0.1, -0.05) is 59.8 Å². The van der Waals surface area contributed by atoms with Crippen molar-refractivity contribution in [3.8, 4) is 11.4 Å². The van der Waals surface area contributed by atoms with Gasteiger partial charge in [-0.3, -0.25) is 4.79 Å². The number of aromatic nitrogens is 3. The molecule has 0 bridgehead atoms. The first-order chi connectivity index (χ1) is 12.0. The first kappa shape index (κ1) is 17.3. The van der Waals surface area contributed by atoms with Crippen molar-refractivity contribution in [2.24, 2.45) is 0 Å². The summed E-state index contributed by atoms with van der Waals surface area (Å²) >= 11 is 7.16. The van der Waals surface area contributed by atoms with Gasteiger partial charge in [0.1, 0.15) is 0 Å². The summed E-state index contributed by atoms with van der Waals surface area (Å²) in [5, 5.41) is 11.6. The number of nitrogen functional groups attached to an aromatic ring is 1. The lowest BCUT2D eigenvalue weighted by Gasteiger charge is -2.11. The normalized spacial score (nSPS) is 11.9. The fourth-order valence-electron chi connectivity index (χ4n) is 2.16. The van der Waals surface area contributed by atoms with Gasteiger partial charge in [0.25, 0.3) is 0 Å². The summed E-state index contributed by atoms with van der Waals surface area (Å²) in [4.78, 5) is 12.3. The smallest absolute Gasteiger partial charge is 0.237 e. The van der Waals surface area contributed by atoms with E-state index in [9.17, 15) is 4.79 Å². The van der Waals surface area contributed by atoms with Gasteiger partial charge in [-0.05, 0) is 25.1 Å². The molecule has 25 heavy (non-hydrogen) atoms. The number of amides is 1. The summed E-state index contributed by atoms with van der Waals surface area (Å²) in [6.45, 7) is 1.78. The van der Waals surface area contributed by atoms with Gasteiger partial charge < -0.3 is 11.2 Å². The number of thioether (sulfide) groups is 1. The molecule has 0 saturated heterocycles. The molecule has 1 aromatic heterocycles. The van der Waals surface area contributed by atoms with Crippen LogP contribution in [0.3, 0.4) is 0 Å². The van der Waals surface area contributed by atoms with Crippen LogP contribution in [0.1, 0.15) is 6.92 Å². The van der Waals surface area contributed by atoms with Gasteiger partial charge in [-0.25, -0.2) is 4.68 Å². The number of nitrogens with two attached hydrogens (primary N) is 1. The largest absolute Gasteiger partial charge is 0.335 e. The van der Waals surface area contributed by atoms with E-state index < -0.39 is 5.25 Å². The minimum atomic E-state index is -0.408. The monoisotopic (exact) mass is 373 g/mol. The number of rotatable bonds is 5. The van der Waals surface area contributed by atoms with Crippen LogP contribution in [0.25, 0.3) is 11.4 Å². The Balaban J connectivity index is 1.70. The summed E-state index contributed by atoms with van der Waals surface area (Å²) in [7, 11) is 0. The zero-order valence-corrected chi connectivity index (χ0v) is 15.0. The average molecular weight is 374 g/mol. The SMILES string of the molecule is CC(Sc1nnc(-c2ccccc2)n1N)C(=O)Nc1cccc(Cl)c1. The lowest BCUT2D eigenvalue weighted by Crippen LogP contribution is -2.23. The molecule has 1 atom stereocenters. The third-order valence-corrected chi connectivity index (χ3v) is 4.73. The second kappa shape index (κ2) is 7.58. The van der Waals surface area contributed by atoms with Gasteiger partial charge in [0.05, 0.1) is 5.25 Å². The topological polar surface area (TPSA) is 85.8 Å². The third kappa shape index (κ3) is 4.12. The third-order valence-electron chi connectivity index (χ3n) is 3.44. The van der Waals surface area contributed by atoms with Crippen LogP contribution in [0.5, 0.6) is 0 Å². The molecule has 0 aliphatic heterocycles. The first-order valence-corrected chi connectivity index (χ1v) is 8.79. The van der Waals surface area contributed by atoms with E-state index in [2.05, 4.69) is 15.5 Å². The van der Waals surface area contributed by atoms with Crippen LogP contribution in [0.15, 0.2) is 59.8 Å². The number of carbonyl (C=O) groups excluding carboxylic acids is 1. The van der Waals surface area contributed by atoms with E-state index in [-0.39, 0.29) is 5.91 Å². The summed E-state index contributed by atoms with van der Waals surface area (Å²) in [5.74, 6) is 6.45. The number of hydrogen-bond acceptors (Lipinski definition) is 5. The quantitative estimate of drug-likeness (QED) is 0.528. The van der Waals surface area contributed by atoms with Crippen molar-refractivity contribution < 1.29 is 4.79 Å². The highest BCUT2D eigenvalue weighted by molar-refractivity contribution is 8.00. The molecule has 3 aromatic rings. The van der Waals surface area contributed by atoms with Crippen molar-refractivity contribution in [3.05, 3.63) is 59.6 Å². The maximum atomic E-state index is 12.3. The molecule has 8 heteroatoms. The molecule has 0 saturated carbocycles. The Bertz CT molecular complexity index is 884. The maximum absolute atomic E-state index is 12.3. The molecule has 1 unspecified atom stereocenters. The van der Waals surface area contributed by atoms with Crippen molar-refractivity contribution in [1.29, 1.82) is 0 Å². The minimum Gasteiger partial charge on any atom is -0.335 e. The molecule has 0 aliphatic rings. The van der Waals surface area contributed by atoms with Gasteiger partial charge in [0.15, 0.2) is 5.82 Å². The molecule has 1 heterocycles. The van der Waals surface area contributed by atoms with E-state index in [1.54, 1.807) is 31.2 Å². The van der Waals surface area contributed by atoms with Crippen LogP contribution >= 0.6 is 23.4 Å². The zero-order chi connectivity index (χ0) is 17.8. The highest BCUT2D eigenvalue weighted by atomic mass is 35.5. The second-order valence-electron chi connectivity index (χ2n) is 5.30. The standard InChI is InChI=1S/C17H16ClN5OS/c1-11(16(24)20-14-9-5-8-13(18)10-14)25-17-22-21-15(23(17)19)12-6-3-2-4-7-12/h2-11H,19H2,1H3,(H,20,24). The minimum absolute atomic E-state index is 0.170. The molecule has 6 nitrogen and oxygen atoms in total. The number of hydrogen-bond donors (Lipinski definition) is 2. The lowest BCUT2D eigenvalue weighted by atomic mass is 10.2. The van der Waals surface area contributed by atoms with Gasteiger partial charge in [-0.15, -0.1) is 10.2 Å². The summed E-state index contributed by atoms with van der Waals surface area (Å²) in [6, 6.07) is 16.5. The van der Waals surface area contributed by atoms with E-state index in [1.807, 2.05) is 30.3 Å². The number of nitrogens with zero attached hydrogens (tertiary/aromatic N) is 3. The predicted octanol–water partition coefficient (Wildman–Crippen LogP) is 3.43. The fraction of sp³-hybridized carbons (Fsp3) is 0.118. The Morgan fingerprint density at radius 2 is 1.96 bits per heavy atom. The number of anilines is 1. The predicted molar refractivity (Wildman–Crippen MR) is 101 cm³/mol. The van der Waals surface area contributed by atoms with Crippen LogP contribution in [0.2, 0.25) is 5.02 Å². The number of benzene rings is 2. The van der Waals surface area contributed by atoms with E-state index in [4.69, 9.17) is 17.4 Å². The zero-order valence-electron chi connectivity index (χ0n) is 13.4. The molecular formula is C17H16ClN5OS. The van der Waals surface area contributed by atoms with Crippen LogP contribution in [-0.2, 0) is 4.79 Å². The van der Waals surface area contributed by atoms with E-state index >= 15 is 0 Å². The number of halogens is 1. The van der Waals surface area contributed by atoms with Crippen LogP contribution < -0.4 is 11.2 Å². The van der Waals surface area contributed by atoms with Crippen molar-refractivity contribution in [2.45, 2.75) is 17.3 Å². The van der Waals surface area contributed by atoms with Gasteiger partial charge in [0.2, 0.25) is 11.1 Å². The highest BCUT2D eigenvalue weighted by Crippen LogP contribution is 2.25. The molecule has 3 N–H and O–H groups in total. The van der Waals surface area contributed by atoms with Crippen molar-refractivity contribution in [2.75, 3.05) is 11.2 Å². The van der Waals surface area contributed by atoms with Crippen molar-refractivity contribution in [3.63, 3.8) is 0 Å². The average Bonchev–Trinajstić information content (AvgIpc) is 2.96. The molecule has 128 valence electrons. The Morgan fingerprint density at radius 1 is 1.20 bits per heavy atom. The van der Waals surface area contributed by atoms with E-state index in [0.29, 0.717) is 21.7 Å². The lowest BCUT2D eigenvalue weighted by molar-refractivity contribution is -0.115. The highest BCUT2D eigenvalue weighted by Gasteiger charge is 2.20. The Kier molecular flexibility index (Phi) is 5.25. The molecule has 0 spiro atoms.